The highest BCUT2D eigenvalue weighted by atomic mass is 32.1. The van der Waals surface area contributed by atoms with E-state index in [4.69, 9.17) is 15.2 Å². The van der Waals surface area contributed by atoms with Gasteiger partial charge in [0.2, 0.25) is 5.88 Å². The molecule has 0 saturated heterocycles. The summed E-state index contributed by atoms with van der Waals surface area (Å²) in [5.41, 5.74) is 6.61. The molecule has 2 heterocycles. The number of aryl methyl sites for hydroxylation is 1. The van der Waals surface area contributed by atoms with Crippen molar-refractivity contribution in [1.82, 2.24) is 15.3 Å². The van der Waals surface area contributed by atoms with Crippen molar-refractivity contribution in [3.8, 4) is 5.88 Å². The van der Waals surface area contributed by atoms with Gasteiger partial charge in [-0.1, -0.05) is 13.8 Å². The largest absolute Gasteiger partial charge is 0.480 e. The Morgan fingerprint density at radius 1 is 1.32 bits per heavy atom. The summed E-state index contributed by atoms with van der Waals surface area (Å²) in [6.45, 7) is 6.80. The second-order valence-electron chi connectivity index (χ2n) is 6.35. The fourth-order valence-corrected chi connectivity index (χ4v) is 3.83. The maximum Gasteiger partial charge on any atom is 0.261 e. The molecule has 8 heteroatoms. The van der Waals surface area contributed by atoms with Gasteiger partial charge in [-0.15, -0.1) is 11.3 Å². The molecule has 3 N–H and O–H groups in total. The molecule has 0 bridgehead atoms. The van der Waals surface area contributed by atoms with Gasteiger partial charge in [-0.3, -0.25) is 4.79 Å². The predicted octanol–water partition coefficient (Wildman–Crippen LogP) is 2.26. The van der Waals surface area contributed by atoms with Crippen molar-refractivity contribution in [2.24, 2.45) is 11.7 Å². The quantitative estimate of drug-likeness (QED) is 0.743. The minimum Gasteiger partial charge on any atom is -0.480 e. The maximum absolute atomic E-state index is 12.7. The molecule has 0 spiro atoms. The average molecular weight is 366 g/mol. The molecular formula is C17H26N4O3S. The van der Waals surface area contributed by atoms with Crippen LogP contribution in [0, 0.1) is 12.8 Å². The summed E-state index contributed by atoms with van der Waals surface area (Å²) in [5, 5.41) is 3.80. The first kappa shape index (κ1) is 19.6. The number of ether oxygens (including phenoxy) is 2. The summed E-state index contributed by atoms with van der Waals surface area (Å²) < 4.78 is 10.5. The van der Waals surface area contributed by atoms with Crippen LogP contribution in [0.25, 0.3) is 10.2 Å². The van der Waals surface area contributed by atoms with Crippen LogP contribution >= 0.6 is 11.3 Å². The number of carbonyl (C=O) groups excluding carboxylic acids is 1. The third-order valence-corrected chi connectivity index (χ3v) is 5.04. The molecule has 0 radical (unpaired) electrons. The molecule has 2 aromatic rings. The zero-order valence-electron chi connectivity index (χ0n) is 15.4. The SMILES string of the molecule is COCc1nc(OC)c2c(C)c(C(=O)NC(CN)CC(C)C)sc2n1. The average Bonchev–Trinajstić information content (AvgIpc) is 2.90. The fraction of sp³-hybridized carbons (Fsp3) is 0.588. The Morgan fingerprint density at radius 3 is 2.60 bits per heavy atom. The molecule has 0 aliphatic carbocycles. The summed E-state index contributed by atoms with van der Waals surface area (Å²) >= 11 is 1.33. The zero-order chi connectivity index (χ0) is 18.6. The molecule has 25 heavy (non-hydrogen) atoms. The van der Waals surface area contributed by atoms with Crippen LogP contribution in [0.5, 0.6) is 5.88 Å². The van der Waals surface area contributed by atoms with Crippen molar-refractivity contribution in [1.29, 1.82) is 0 Å². The first-order valence-corrected chi connectivity index (χ1v) is 9.06. The van der Waals surface area contributed by atoms with E-state index in [0.717, 1.165) is 22.2 Å². The van der Waals surface area contributed by atoms with Crippen LogP contribution in [0.1, 0.15) is 41.3 Å². The molecule has 7 nitrogen and oxygen atoms in total. The Labute approximate surface area is 151 Å². The summed E-state index contributed by atoms with van der Waals surface area (Å²) in [6.07, 6.45) is 0.841. The lowest BCUT2D eigenvalue weighted by molar-refractivity contribution is 0.0937. The summed E-state index contributed by atoms with van der Waals surface area (Å²) in [7, 11) is 3.14. The number of aromatic nitrogens is 2. The second-order valence-corrected chi connectivity index (χ2v) is 7.35. The molecule has 1 unspecified atom stereocenters. The van der Waals surface area contributed by atoms with Crippen LogP contribution in [0.4, 0.5) is 0 Å². The monoisotopic (exact) mass is 366 g/mol. The number of rotatable bonds is 8. The molecule has 138 valence electrons. The first-order chi connectivity index (χ1) is 11.9. The number of nitrogens with one attached hydrogen (secondary N) is 1. The molecule has 1 atom stereocenters. The number of fused-ring (bicyclic) bond motifs is 1. The molecular weight excluding hydrogens is 340 g/mol. The second kappa shape index (κ2) is 8.55. The Kier molecular flexibility index (Phi) is 6.69. The van der Waals surface area contributed by atoms with Crippen molar-refractivity contribution < 1.29 is 14.3 Å². The first-order valence-electron chi connectivity index (χ1n) is 8.25. The molecule has 2 rings (SSSR count). The lowest BCUT2D eigenvalue weighted by Crippen LogP contribution is -2.40. The van der Waals surface area contributed by atoms with E-state index in [2.05, 4.69) is 29.1 Å². The van der Waals surface area contributed by atoms with Crippen LogP contribution in [0.15, 0.2) is 0 Å². The Balaban J connectivity index is 2.38. The lowest BCUT2D eigenvalue weighted by atomic mass is 10.0. The smallest absolute Gasteiger partial charge is 0.261 e. The number of amides is 1. The van der Waals surface area contributed by atoms with Crippen molar-refractivity contribution in [2.45, 2.75) is 39.8 Å². The molecule has 0 saturated carbocycles. The van der Waals surface area contributed by atoms with E-state index in [1.165, 1.54) is 11.3 Å². The van der Waals surface area contributed by atoms with Crippen molar-refractivity contribution in [2.75, 3.05) is 20.8 Å². The maximum atomic E-state index is 12.7. The van der Waals surface area contributed by atoms with Crippen molar-refractivity contribution >= 4 is 27.5 Å². The molecule has 0 aliphatic heterocycles. The number of thiophene rings is 1. The van der Waals surface area contributed by atoms with Crippen molar-refractivity contribution in [3.63, 3.8) is 0 Å². The topological polar surface area (TPSA) is 99.4 Å². The van der Waals surface area contributed by atoms with Gasteiger partial charge in [0.25, 0.3) is 5.91 Å². The van der Waals surface area contributed by atoms with E-state index in [1.54, 1.807) is 14.2 Å². The van der Waals surface area contributed by atoms with E-state index < -0.39 is 0 Å². The summed E-state index contributed by atoms with van der Waals surface area (Å²) in [4.78, 5) is 22.9. The highest BCUT2D eigenvalue weighted by Crippen LogP contribution is 2.35. The summed E-state index contributed by atoms with van der Waals surface area (Å²) in [5.74, 6) is 1.31. The van der Waals surface area contributed by atoms with Crippen LogP contribution in [0.2, 0.25) is 0 Å². The normalized spacial score (nSPS) is 12.6. The molecule has 2 aromatic heterocycles. The standard InChI is InChI=1S/C17H26N4O3S/c1-9(2)6-11(7-18)19-15(22)14-10(3)13-16(24-5)20-12(8-23-4)21-17(13)25-14/h9,11H,6-8,18H2,1-5H3,(H,19,22). The fourth-order valence-electron chi connectivity index (χ4n) is 2.74. The van der Waals surface area contributed by atoms with Crippen LogP contribution in [-0.2, 0) is 11.3 Å². The third-order valence-electron chi connectivity index (χ3n) is 3.85. The molecule has 0 fully saturated rings. The van der Waals surface area contributed by atoms with Gasteiger partial charge in [-0.25, -0.2) is 4.98 Å². The number of hydrogen-bond acceptors (Lipinski definition) is 7. The number of methoxy groups -OCH3 is 2. The number of carbonyl (C=O) groups is 1. The van der Waals surface area contributed by atoms with Gasteiger partial charge in [-0.2, -0.15) is 4.98 Å². The molecule has 0 aliphatic rings. The highest BCUT2D eigenvalue weighted by Gasteiger charge is 2.22. The van der Waals surface area contributed by atoms with E-state index in [0.29, 0.717) is 29.0 Å². The van der Waals surface area contributed by atoms with Gasteiger partial charge in [0, 0.05) is 19.7 Å². The zero-order valence-corrected chi connectivity index (χ0v) is 16.2. The number of hydrogen-bond donors (Lipinski definition) is 2. The van der Waals surface area contributed by atoms with E-state index in [9.17, 15) is 4.79 Å². The number of nitrogens with zero attached hydrogens (tertiary/aromatic N) is 2. The van der Waals surface area contributed by atoms with Crippen molar-refractivity contribution in [3.05, 3.63) is 16.3 Å². The Hall–Kier alpha value is -1.77. The minimum atomic E-state index is -0.132. The van der Waals surface area contributed by atoms with Gasteiger partial charge in [0.05, 0.1) is 17.4 Å². The van der Waals surface area contributed by atoms with Gasteiger partial charge < -0.3 is 20.5 Å². The van der Waals surface area contributed by atoms with Gasteiger partial charge in [-0.05, 0) is 24.8 Å². The van der Waals surface area contributed by atoms with Crippen LogP contribution in [-0.4, -0.2) is 42.7 Å². The van der Waals surface area contributed by atoms with Crippen LogP contribution < -0.4 is 15.8 Å². The van der Waals surface area contributed by atoms with Gasteiger partial charge in [0.1, 0.15) is 11.4 Å². The third kappa shape index (κ3) is 4.45. The van der Waals surface area contributed by atoms with Crippen LogP contribution in [0.3, 0.4) is 0 Å². The van der Waals surface area contributed by atoms with E-state index in [1.807, 2.05) is 6.92 Å². The molecule has 1 amide bonds. The Bertz CT molecular complexity index is 745. The van der Waals surface area contributed by atoms with E-state index >= 15 is 0 Å². The molecule has 0 aromatic carbocycles. The van der Waals surface area contributed by atoms with Gasteiger partial charge in [0.15, 0.2) is 5.82 Å². The highest BCUT2D eigenvalue weighted by molar-refractivity contribution is 7.20. The van der Waals surface area contributed by atoms with E-state index in [-0.39, 0.29) is 18.6 Å². The predicted molar refractivity (Wildman–Crippen MR) is 99.2 cm³/mol. The van der Waals surface area contributed by atoms with Gasteiger partial charge >= 0.3 is 0 Å². The number of nitrogens with two attached hydrogens (primary N) is 1. The minimum absolute atomic E-state index is 0.0471. The lowest BCUT2D eigenvalue weighted by Gasteiger charge is -2.18. The Morgan fingerprint density at radius 2 is 2.04 bits per heavy atom. The summed E-state index contributed by atoms with van der Waals surface area (Å²) in [6, 6.07) is -0.0471.